The van der Waals surface area contributed by atoms with E-state index in [1.54, 1.807) is 0 Å². The highest BCUT2D eigenvalue weighted by molar-refractivity contribution is 4.75. The van der Waals surface area contributed by atoms with Gasteiger partial charge in [-0.15, -0.1) is 0 Å². The first-order valence-corrected chi connectivity index (χ1v) is 6.62. The minimum Gasteiger partial charge on any atom is -0.378 e. The third-order valence-electron chi connectivity index (χ3n) is 3.62. The molecule has 0 radical (unpaired) electrons. The average molecular weight is 213 g/mol. The molecule has 2 heteroatoms. The number of hydrogen-bond donors (Lipinski definition) is 1. The molecule has 0 aromatic carbocycles. The van der Waals surface area contributed by atoms with E-state index in [-0.39, 0.29) is 0 Å². The van der Waals surface area contributed by atoms with Gasteiger partial charge in [-0.05, 0) is 38.1 Å². The lowest BCUT2D eigenvalue weighted by atomic mass is 9.93. The van der Waals surface area contributed by atoms with E-state index in [1.807, 2.05) is 0 Å². The van der Waals surface area contributed by atoms with E-state index in [0.717, 1.165) is 19.1 Å². The molecule has 0 spiro atoms. The van der Waals surface area contributed by atoms with Gasteiger partial charge >= 0.3 is 0 Å². The van der Waals surface area contributed by atoms with Gasteiger partial charge in [0.1, 0.15) is 0 Å². The molecule has 0 bridgehead atoms. The molecule has 1 aliphatic rings. The summed E-state index contributed by atoms with van der Waals surface area (Å²) in [4.78, 5) is 0. The number of ether oxygens (including phenoxy) is 1. The van der Waals surface area contributed by atoms with Crippen LogP contribution in [0.15, 0.2) is 0 Å². The molecule has 3 atom stereocenters. The molecule has 0 aromatic heterocycles. The Labute approximate surface area is 94.8 Å². The molecule has 90 valence electrons. The van der Waals surface area contributed by atoms with Crippen LogP contribution in [0.3, 0.4) is 0 Å². The van der Waals surface area contributed by atoms with Gasteiger partial charge in [-0.25, -0.2) is 0 Å². The first kappa shape index (κ1) is 13.0. The lowest BCUT2D eigenvalue weighted by Gasteiger charge is -2.25. The average Bonchev–Trinajstić information content (AvgIpc) is 2.76. The summed E-state index contributed by atoms with van der Waals surface area (Å²) in [7, 11) is 0. The van der Waals surface area contributed by atoms with Crippen LogP contribution in [0.2, 0.25) is 0 Å². The Balaban J connectivity index is 2.23. The van der Waals surface area contributed by atoms with Crippen molar-refractivity contribution in [1.29, 1.82) is 0 Å². The van der Waals surface area contributed by atoms with Crippen LogP contribution in [-0.2, 0) is 4.74 Å². The third-order valence-corrected chi connectivity index (χ3v) is 3.62. The van der Waals surface area contributed by atoms with Crippen molar-refractivity contribution in [2.24, 2.45) is 5.92 Å². The molecule has 1 heterocycles. The Hall–Kier alpha value is -0.0800. The van der Waals surface area contributed by atoms with Crippen molar-refractivity contribution in [3.63, 3.8) is 0 Å². The van der Waals surface area contributed by atoms with Gasteiger partial charge in [-0.1, -0.05) is 27.2 Å². The Kier molecular flexibility index (Phi) is 6.26. The Morgan fingerprint density at radius 1 is 1.40 bits per heavy atom. The van der Waals surface area contributed by atoms with Crippen LogP contribution in [0.4, 0.5) is 0 Å². The summed E-state index contributed by atoms with van der Waals surface area (Å²) < 4.78 is 5.67. The van der Waals surface area contributed by atoms with Gasteiger partial charge in [0.25, 0.3) is 0 Å². The van der Waals surface area contributed by atoms with Crippen molar-refractivity contribution in [3.8, 4) is 0 Å². The fourth-order valence-electron chi connectivity index (χ4n) is 2.37. The van der Waals surface area contributed by atoms with E-state index in [1.165, 1.54) is 32.1 Å². The van der Waals surface area contributed by atoms with E-state index < -0.39 is 0 Å². The second kappa shape index (κ2) is 7.24. The van der Waals surface area contributed by atoms with E-state index in [0.29, 0.717) is 12.1 Å². The summed E-state index contributed by atoms with van der Waals surface area (Å²) in [6.45, 7) is 8.89. The molecule has 1 rings (SSSR count). The zero-order valence-electron chi connectivity index (χ0n) is 10.6. The maximum absolute atomic E-state index is 5.67. The van der Waals surface area contributed by atoms with Gasteiger partial charge in [-0.3, -0.25) is 0 Å². The van der Waals surface area contributed by atoms with E-state index in [4.69, 9.17) is 4.74 Å². The predicted octanol–water partition coefficient (Wildman–Crippen LogP) is 2.97. The minimum absolute atomic E-state index is 0.551. The molecule has 1 fully saturated rings. The largest absolute Gasteiger partial charge is 0.378 e. The lowest BCUT2D eigenvalue weighted by Crippen LogP contribution is -2.35. The van der Waals surface area contributed by atoms with Crippen LogP contribution in [0.25, 0.3) is 0 Å². The summed E-state index contributed by atoms with van der Waals surface area (Å²) >= 11 is 0. The van der Waals surface area contributed by atoms with Crippen LogP contribution in [-0.4, -0.2) is 25.3 Å². The summed E-state index contributed by atoms with van der Waals surface area (Å²) in [5.74, 6) is 0.784. The van der Waals surface area contributed by atoms with Crippen molar-refractivity contribution in [1.82, 2.24) is 5.32 Å². The molecule has 0 aliphatic carbocycles. The molecule has 3 unspecified atom stereocenters. The van der Waals surface area contributed by atoms with Crippen LogP contribution in [0, 0.1) is 5.92 Å². The maximum atomic E-state index is 5.67. The molecule has 0 aromatic rings. The first-order valence-electron chi connectivity index (χ1n) is 6.62. The van der Waals surface area contributed by atoms with E-state index in [9.17, 15) is 0 Å². The first-order chi connectivity index (χ1) is 7.27. The fraction of sp³-hybridized carbons (Fsp3) is 1.00. The van der Waals surface area contributed by atoms with Gasteiger partial charge in [0.05, 0.1) is 6.10 Å². The maximum Gasteiger partial charge on any atom is 0.0576 e. The Morgan fingerprint density at radius 3 is 2.73 bits per heavy atom. The molecule has 1 N–H and O–H groups in total. The summed E-state index contributed by atoms with van der Waals surface area (Å²) in [6.07, 6.45) is 6.87. The standard InChI is InChI=1S/C13H27NO/c1-4-11(3)13(14-5-2)9-8-12-7-6-10-15-12/h11-14H,4-10H2,1-3H3. The third kappa shape index (κ3) is 4.52. The molecular weight excluding hydrogens is 186 g/mol. The van der Waals surface area contributed by atoms with Crippen molar-refractivity contribution in [3.05, 3.63) is 0 Å². The highest BCUT2D eigenvalue weighted by Crippen LogP contribution is 2.20. The van der Waals surface area contributed by atoms with Gasteiger partial charge in [0.2, 0.25) is 0 Å². The minimum atomic E-state index is 0.551. The van der Waals surface area contributed by atoms with Crippen LogP contribution in [0.1, 0.15) is 52.9 Å². The van der Waals surface area contributed by atoms with Crippen LogP contribution < -0.4 is 5.32 Å². The highest BCUT2D eigenvalue weighted by atomic mass is 16.5. The normalized spacial score (nSPS) is 25.4. The summed E-state index contributed by atoms with van der Waals surface area (Å²) in [5, 5.41) is 3.60. The SMILES string of the molecule is CCNC(CCC1CCCO1)C(C)CC. The Bertz CT molecular complexity index is 155. The zero-order valence-corrected chi connectivity index (χ0v) is 10.6. The fourth-order valence-corrected chi connectivity index (χ4v) is 2.37. The smallest absolute Gasteiger partial charge is 0.0576 e. The predicted molar refractivity (Wildman–Crippen MR) is 65.1 cm³/mol. The van der Waals surface area contributed by atoms with Gasteiger partial charge in [-0.2, -0.15) is 0 Å². The molecule has 1 saturated heterocycles. The number of nitrogens with one attached hydrogen (secondary N) is 1. The second-order valence-corrected chi connectivity index (χ2v) is 4.76. The van der Waals surface area contributed by atoms with Crippen molar-refractivity contribution in [2.75, 3.05) is 13.2 Å². The molecular formula is C13H27NO. The lowest BCUT2D eigenvalue weighted by molar-refractivity contribution is 0.0974. The Morgan fingerprint density at radius 2 is 2.20 bits per heavy atom. The van der Waals surface area contributed by atoms with Crippen molar-refractivity contribution < 1.29 is 4.74 Å². The molecule has 2 nitrogen and oxygen atoms in total. The molecule has 15 heavy (non-hydrogen) atoms. The summed E-state index contributed by atoms with van der Waals surface area (Å²) in [6, 6.07) is 0.684. The van der Waals surface area contributed by atoms with E-state index in [2.05, 4.69) is 26.1 Å². The highest BCUT2D eigenvalue weighted by Gasteiger charge is 2.19. The monoisotopic (exact) mass is 213 g/mol. The number of hydrogen-bond acceptors (Lipinski definition) is 2. The van der Waals surface area contributed by atoms with Gasteiger partial charge in [0, 0.05) is 12.6 Å². The molecule has 0 saturated carbocycles. The molecule has 0 amide bonds. The topological polar surface area (TPSA) is 21.3 Å². The summed E-state index contributed by atoms with van der Waals surface area (Å²) in [5.41, 5.74) is 0. The van der Waals surface area contributed by atoms with Crippen LogP contribution in [0.5, 0.6) is 0 Å². The molecule has 1 aliphatic heterocycles. The number of rotatable bonds is 7. The quantitative estimate of drug-likeness (QED) is 0.702. The zero-order chi connectivity index (χ0) is 11.1. The van der Waals surface area contributed by atoms with Crippen molar-refractivity contribution in [2.45, 2.75) is 65.0 Å². The second-order valence-electron chi connectivity index (χ2n) is 4.76. The van der Waals surface area contributed by atoms with Crippen LogP contribution >= 0.6 is 0 Å². The van der Waals surface area contributed by atoms with Crippen molar-refractivity contribution >= 4 is 0 Å². The van der Waals surface area contributed by atoms with E-state index >= 15 is 0 Å². The van der Waals surface area contributed by atoms with Gasteiger partial charge in [0.15, 0.2) is 0 Å². The van der Waals surface area contributed by atoms with Gasteiger partial charge < -0.3 is 10.1 Å².